The fraction of sp³-hybridized carbons (Fsp3) is 0.667. The van der Waals surface area contributed by atoms with E-state index in [1.165, 1.54) is 17.5 Å². The highest BCUT2D eigenvalue weighted by atomic mass is 16.8. The number of methoxy groups -OCH3 is 1. The second kappa shape index (κ2) is 6.07. The van der Waals surface area contributed by atoms with Crippen molar-refractivity contribution in [3.8, 4) is 0 Å². The van der Waals surface area contributed by atoms with Gasteiger partial charge in [-0.2, -0.15) is 0 Å². The summed E-state index contributed by atoms with van der Waals surface area (Å²) in [7, 11) is 1.78. The van der Waals surface area contributed by atoms with Crippen molar-refractivity contribution < 1.29 is 14.2 Å². The van der Waals surface area contributed by atoms with Crippen LogP contribution in [0.15, 0.2) is 24.3 Å². The Morgan fingerprint density at radius 3 is 2.95 bits per heavy atom. The minimum absolute atomic E-state index is 0.120. The third-order valence-electron chi connectivity index (χ3n) is 5.04. The Morgan fingerprint density at radius 1 is 1.38 bits per heavy atom. The molecule has 3 rings (SSSR count). The normalized spacial score (nSPS) is 35.7. The van der Waals surface area contributed by atoms with E-state index < -0.39 is 5.79 Å². The molecule has 4 unspecified atom stereocenters. The standard InChI is InChI=1S/C18H26O3/c1-4-20-17-12-16-15(14-8-5-7-13(2)11-14)9-6-10-18(16,19-3)21-17/h5,7-8,11,15-17H,4,6,9-10,12H2,1-3H3. The summed E-state index contributed by atoms with van der Waals surface area (Å²) in [5.74, 6) is 0.436. The van der Waals surface area contributed by atoms with Crippen LogP contribution in [0.4, 0.5) is 0 Å². The van der Waals surface area contributed by atoms with E-state index in [1.807, 2.05) is 6.92 Å². The van der Waals surface area contributed by atoms with Crippen molar-refractivity contribution in [3.63, 3.8) is 0 Å². The highest BCUT2D eigenvalue weighted by molar-refractivity contribution is 5.27. The molecule has 1 saturated carbocycles. The monoisotopic (exact) mass is 290 g/mol. The summed E-state index contributed by atoms with van der Waals surface area (Å²) < 4.78 is 17.8. The van der Waals surface area contributed by atoms with Crippen molar-refractivity contribution in [1.29, 1.82) is 0 Å². The van der Waals surface area contributed by atoms with Crippen LogP contribution in [0.3, 0.4) is 0 Å². The molecule has 2 aliphatic rings. The molecule has 0 aromatic heterocycles. The number of benzene rings is 1. The van der Waals surface area contributed by atoms with Crippen LogP contribution in [0, 0.1) is 12.8 Å². The van der Waals surface area contributed by atoms with E-state index in [2.05, 4.69) is 31.2 Å². The lowest BCUT2D eigenvalue weighted by molar-refractivity contribution is -0.282. The summed E-state index contributed by atoms with van der Waals surface area (Å²) in [6, 6.07) is 8.87. The predicted molar refractivity (Wildman–Crippen MR) is 82.1 cm³/mol. The van der Waals surface area contributed by atoms with Gasteiger partial charge in [0.25, 0.3) is 0 Å². The number of aryl methyl sites for hydroxylation is 1. The van der Waals surface area contributed by atoms with Gasteiger partial charge < -0.3 is 14.2 Å². The third-order valence-corrected chi connectivity index (χ3v) is 5.04. The van der Waals surface area contributed by atoms with Gasteiger partial charge in [-0.15, -0.1) is 0 Å². The first-order valence-electron chi connectivity index (χ1n) is 8.09. The number of ether oxygens (including phenoxy) is 3. The number of hydrogen-bond donors (Lipinski definition) is 0. The molecule has 4 atom stereocenters. The van der Waals surface area contributed by atoms with E-state index in [9.17, 15) is 0 Å². The molecule has 0 radical (unpaired) electrons. The Bertz CT molecular complexity index is 487. The summed E-state index contributed by atoms with van der Waals surface area (Å²) in [4.78, 5) is 0. The van der Waals surface area contributed by atoms with Gasteiger partial charge in [-0.05, 0) is 38.2 Å². The number of hydrogen-bond acceptors (Lipinski definition) is 3. The van der Waals surface area contributed by atoms with Crippen LogP contribution in [0.2, 0.25) is 0 Å². The van der Waals surface area contributed by atoms with Gasteiger partial charge in [-0.25, -0.2) is 0 Å². The Morgan fingerprint density at radius 2 is 2.24 bits per heavy atom. The van der Waals surface area contributed by atoms with Crippen LogP contribution in [-0.4, -0.2) is 25.8 Å². The topological polar surface area (TPSA) is 27.7 Å². The minimum Gasteiger partial charge on any atom is -0.353 e. The molecular weight excluding hydrogens is 264 g/mol. The van der Waals surface area contributed by atoms with Crippen LogP contribution < -0.4 is 0 Å². The van der Waals surface area contributed by atoms with Crippen LogP contribution >= 0.6 is 0 Å². The second-order valence-electron chi connectivity index (χ2n) is 6.27. The first kappa shape index (κ1) is 15.0. The van der Waals surface area contributed by atoms with Crippen LogP contribution in [0.1, 0.15) is 49.7 Å². The predicted octanol–water partition coefficient (Wildman–Crippen LogP) is 4.00. The second-order valence-corrected chi connectivity index (χ2v) is 6.27. The fourth-order valence-electron chi connectivity index (χ4n) is 4.12. The lowest BCUT2D eigenvalue weighted by Gasteiger charge is -2.41. The largest absolute Gasteiger partial charge is 0.353 e. The maximum absolute atomic E-state index is 6.18. The first-order chi connectivity index (χ1) is 10.2. The van der Waals surface area contributed by atoms with Crippen molar-refractivity contribution in [1.82, 2.24) is 0 Å². The molecule has 116 valence electrons. The van der Waals surface area contributed by atoms with Crippen LogP contribution in [-0.2, 0) is 14.2 Å². The molecule has 1 aliphatic heterocycles. The van der Waals surface area contributed by atoms with Crippen molar-refractivity contribution in [2.24, 2.45) is 5.92 Å². The molecule has 0 bridgehead atoms. The van der Waals surface area contributed by atoms with E-state index in [1.54, 1.807) is 7.11 Å². The molecule has 3 heteroatoms. The van der Waals surface area contributed by atoms with Gasteiger partial charge in [-0.3, -0.25) is 0 Å². The summed E-state index contributed by atoms with van der Waals surface area (Å²) in [6.07, 6.45) is 4.13. The SMILES string of the molecule is CCOC1CC2C(c3cccc(C)c3)CCCC2(OC)O1. The smallest absolute Gasteiger partial charge is 0.174 e. The number of rotatable bonds is 4. The van der Waals surface area contributed by atoms with E-state index in [0.29, 0.717) is 18.4 Å². The van der Waals surface area contributed by atoms with Gasteiger partial charge in [0, 0.05) is 32.5 Å². The molecule has 1 aromatic carbocycles. The van der Waals surface area contributed by atoms with E-state index in [0.717, 1.165) is 19.3 Å². The zero-order valence-electron chi connectivity index (χ0n) is 13.3. The zero-order chi connectivity index (χ0) is 14.9. The van der Waals surface area contributed by atoms with Gasteiger partial charge >= 0.3 is 0 Å². The highest BCUT2D eigenvalue weighted by Crippen LogP contribution is 2.53. The lowest BCUT2D eigenvalue weighted by Crippen LogP contribution is -2.43. The van der Waals surface area contributed by atoms with E-state index in [-0.39, 0.29) is 6.29 Å². The average molecular weight is 290 g/mol. The molecule has 1 aromatic rings. The summed E-state index contributed by atoms with van der Waals surface area (Å²) in [6.45, 7) is 4.86. The van der Waals surface area contributed by atoms with Crippen LogP contribution in [0.5, 0.6) is 0 Å². The fourth-order valence-corrected chi connectivity index (χ4v) is 4.12. The van der Waals surface area contributed by atoms with Crippen molar-refractivity contribution in [2.45, 2.75) is 57.5 Å². The molecule has 0 amide bonds. The molecular formula is C18H26O3. The zero-order valence-corrected chi connectivity index (χ0v) is 13.3. The van der Waals surface area contributed by atoms with E-state index in [4.69, 9.17) is 14.2 Å². The Labute approximate surface area is 127 Å². The molecule has 0 N–H and O–H groups in total. The van der Waals surface area contributed by atoms with Crippen molar-refractivity contribution in [3.05, 3.63) is 35.4 Å². The van der Waals surface area contributed by atoms with Gasteiger partial charge in [0.05, 0.1) is 0 Å². The number of fused-ring (bicyclic) bond motifs is 1. The molecule has 3 nitrogen and oxygen atoms in total. The quantitative estimate of drug-likeness (QED) is 0.838. The molecule has 21 heavy (non-hydrogen) atoms. The molecule has 1 saturated heterocycles. The third kappa shape index (κ3) is 2.75. The van der Waals surface area contributed by atoms with Gasteiger partial charge in [0.15, 0.2) is 12.1 Å². The van der Waals surface area contributed by atoms with E-state index >= 15 is 0 Å². The van der Waals surface area contributed by atoms with Crippen LogP contribution in [0.25, 0.3) is 0 Å². The Balaban J connectivity index is 1.88. The first-order valence-corrected chi connectivity index (χ1v) is 8.09. The summed E-state index contributed by atoms with van der Waals surface area (Å²) in [5, 5.41) is 0. The van der Waals surface area contributed by atoms with Gasteiger partial charge in [0.1, 0.15) is 0 Å². The molecule has 2 fully saturated rings. The maximum atomic E-state index is 6.18. The van der Waals surface area contributed by atoms with Gasteiger partial charge in [0.2, 0.25) is 0 Å². The average Bonchev–Trinajstić information content (AvgIpc) is 2.86. The minimum atomic E-state index is -0.452. The van der Waals surface area contributed by atoms with Crippen molar-refractivity contribution >= 4 is 0 Å². The highest BCUT2D eigenvalue weighted by Gasteiger charge is 2.54. The van der Waals surface area contributed by atoms with Crippen molar-refractivity contribution in [2.75, 3.05) is 13.7 Å². The molecule has 1 heterocycles. The summed E-state index contributed by atoms with van der Waals surface area (Å²) >= 11 is 0. The lowest BCUT2D eigenvalue weighted by atomic mass is 9.71. The molecule has 0 spiro atoms. The molecule has 1 aliphatic carbocycles. The summed E-state index contributed by atoms with van der Waals surface area (Å²) in [5.41, 5.74) is 2.74. The Kier molecular flexibility index (Phi) is 4.34. The Hall–Kier alpha value is -0.900. The maximum Gasteiger partial charge on any atom is 0.174 e. The van der Waals surface area contributed by atoms with Gasteiger partial charge in [-0.1, -0.05) is 29.8 Å².